The van der Waals surface area contributed by atoms with Crippen LogP contribution in [0.1, 0.15) is 99.8 Å². The van der Waals surface area contributed by atoms with Gasteiger partial charge in [-0.25, -0.2) is 0 Å². The first-order valence-corrected chi connectivity index (χ1v) is 14.3. The van der Waals surface area contributed by atoms with Crippen LogP contribution in [0.3, 0.4) is 0 Å². The van der Waals surface area contributed by atoms with Crippen molar-refractivity contribution in [3.05, 3.63) is 23.3 Å². The van der Waals surface area contributed by atoms with Crippen LogP contribution in [0, 0.1) is 45.8 Å². The Morgan fingerprint density at radius 2 is 1.68 bits per heavy atom. The first-order chi connectivity index (χ1) is 17.2. The number of fused-ring (bicyclic) bond motifs is 2. The number of hydrogen-bond acceptors (Lipinski definition) is 5. The topological polar surface area (TPSA) is 69.7 Å². The molecule has 0 saturated heterocycles. The lowest BCUT2D eigenvalue weighted by atomic mass is 9.49. The third-order valence-corrected chi connectivity index (χ3v) is 11.1. The Morgan fingerprint density at radius 1 is 1.00 bits per heavy atom. The van der Waals surface area contributed by atoms with Gasteiger partial charge in [0.2, 0.25) is 0 Å². The summed E-state index contributed by atoms with van der Waals surface area (Å²) in [6.07, 6.45) is 11.2. The average molecular weight is 515 g/mol. The van der Waals surface area contributed by atoms with Gasteiger partial charge in [0, 0.05) is 19.3 Å². The molecular weight excluding hydrogens is 464 g/mol. The van der Waals surface area contributed by atoms with Gasteiger partial charge in [0.25, 0.3) is 0 Å². The molecule has 0 aliphatic heterocycles. The lowest BCUT2D eigenvalue weighted by Gasteiger charge is -2.55. The van der Waals surface area contributed by atoms with Crippen molar-refractivity contribution in [3.8, 4) is 0 Å². The van der Waals surface area contributed by atoms with E-state index in [1.807, 2.05) is 0 Å². The molecule has 1 saturated carbocycles. The summed E-state index contributed by atoms with van der Waals surface area (Å²) >= 11 is 0. The molecule has 0 radical (unpaired) electrons. The quantitative estimate of drug-likeness (QED) is 0.291. The van der Waals surface area contributed by atoms with Crippen molar-refractivity contribution in [2.75, 3.05) is 14.2 Å². The van der Waals surface area contributed by atoms with Crippen LogP contribution in [-0.2, 0) is 23.9 Å². The fourth-order valence-electron chi connectivity index (χ4n) is 8.40. The van der Waals surface area contributed by atoms with E-state index >= 15 is 0 Å². The van der Waals surface area contributed by atoms with Gasteiger partial charge in [-0.05, 0) is 77.6 Å². The molecule has 1 unspecified atom stereocenters. The molecular formula is C32H50O5. The first-order valence-electron chi connectivity index (χ1n) is 14.3. The van der Waals surface area contributed by atoms with Gasteiger partial charge in [-0.1, -0.05) is 66.2 Å². The van der Waals surface area contributed by atoms with Crippen molar-refractivity contribution < 1.29 is 23.9 Å². The van der Waals surface area contributed by atoms with E-state index in [0.29, 0.717) is 30.6 Å². The van der Waals surface area contributed by atoms with Crippen molar-refractivity contribution in [2.45, 2.75) is 99.8 Å². The standard InChI is InChI=1S/C32H50O5/c1-20(2)25-11-10-24-26(30(25,5)15-14-28(34)36-8)12-17-32(7)27(24)13-16-31(32,6)22(4)19-23(33)18-21(3)29(35)37-9/h10-11,20-22,25-26H,12-19H2,1-9H3/t21?,22-,25+,26-,30+,31+,32-/m1/s1. The zero-order valence-corrected chi connectivity index (χ0v) is 24.7. The monoisotopic (exact) mass is 514 g/mol. The normalized spacial score (nSPS) is 34.5. The van der Waals surface area contributed by atoms with E-state index in [9.17, 15) is 14.4 Å². The third-order valence-electron chi connectivity index (χ3n) is 11.1. The molecule has 0 spiro atoms. The van der Waals surface area contributed by atoms with Crippen molar-refractivity contribution >= 4 is 17.7 Å². The molecule has 7 atom stereocenters. The van der Waals surface area contributed by atoms with Gasteiger partial charge in [0.05, 0.1) is 20.1 Å². The minimum Gasteiger partial charge on any atom is -0.469 e. The number of methoxy groups -OCH3 is 2. The van der Waals surface area contributed by atoms with Gasteiger partial charge >= 0.3 is 11.9 Å². The Morgan fingerprint density at radius 3 is 2.27 bits per heavy atom. The molecule has 0 aromatic heterocycles. The van der Waals surface area contributed by atoms with E-state index in [1.165, 1.54) is 19.8 Å². The summed E-state index contributed by atoms with van der Waals surface area (Å²) in [5.41, 5.74) is 3.17. The van der Waals surface area contributed by atoms with Crippen LogP contribution in [-0.4, -0.2) is 31.9 Å². The molecule has 0 N–H and O–H groups in total. The summed E-state index contributed by atoms with van der Waals surface area (Å²) in [6, 6.07) is 0. The average Bonchev–Trinajstić information content (AvgIpc) is 3.13. The molecule has 5 heteroatoms. The van der Waals surface area contributed by atoms with E-state index in [0.717, 1.165) is 32.1 Å². The second-order valence-corrected chi connectivity index (χ2v) is 13.3. The molecule has 3 aliphatic carbocycles. The maximum Gasteiger partial charge on any atom is 0.308 e. The van der Waals surface area contributed by atoms with E-state index in [-0.39, 0.29) is 46.3 Å². The number of hydrogen-bond donors (Lipinski definition) is 0. The summed E-state index contributed by atoms with van der Waals surface area (Å²) in [6.45, 7) is 15.8. The van der Waals surface area contributed by atoms with E-state index in [4.69, 9.17) is 9.47 Å². The van der Waals surface area contributed by atoms with E-state index in [1.54, 1.807) is 12.5 Å². The zero-order chi connectivity index (χ0) is 27.8. The number of carbonyl (C=O) groups is 3. The number of carbonyl (C=O) groups excluding carboxylic acids is 3. The number of Topliss-reactive ketones (excluding diaryl/α,β-unsaturated/α-hetero) is 1. The summed E-state index contributed by atoms with van der Waals surface area (Å²) in [4.78, 5) is 36.9. The van der Waals surface area contributed by atoms with Gasteiger partial charge in [0.1, 0.15) is 5.78 Å². The lowest BCUT2D eigenvalue weighted by Crippen LogP contribution is -2.47. The molecule has 3 aliphatic rings. The Hall–Kier alpha value is -1.91. The summed E-state index contributed by atoms with van der Waals surface area (Å²) in [5, 5.41) is 0. The van der Waals surface area contributed by atoms with Crippen LogP contribution in [0.5, 0.6) is 0 Å². The summed E-state index contributed by atoms with van der Waals surface area (Å²) in [7, 11) is 2.85. The molecule has 1 fully saturated rings. The third kappa shape index (κ3) is 5.21. The van der Waals surface area contributed by atoms with Crippen LogP contribution in [0.15, 0.2) is 23.3 Å². The van der Waals surface area contributed by atoms with Gasteiger partial charge in [-0.2, -0.15) is 0 Å². The number of allylic oxidation sites excluding steroid dienone is 4. The van der Waals surface area contributed by atoms with Crippen LogP contribution in [0.4, 0.5) is 0 Å². The SMILES string of the molecule is COC(=O)CC[C@]1(C)[C@@H]2CC[C@]3(C)C(=C2C=C[C@H]1C(C)C)CC[C@@]3(C)[C@H](C)CC(=O)CC(C)C(=O)OC. The fourth-order valence-corrected chi connectivity index (χ4v) is 8.40. The molecule has 208 valence electrons. The van der Waals surface area contributed by atoms with Crippen LogP contribution in [0.25, 0.3) is 0 Å². The maximum absolute atomic E-state index is 12.9. The molecule has 0 amide bonds. The minimum absolute atomic E-state index is 0.0192. The highest BCUT2D eigenvalue weighted by atomic mass is 16.5. The molecule has 3 rings (SSSR count). The highest BCUT2D eigenvalue weighted by Gasteiger charge is 2.59. The second kappa shape index (κ2) is 11.1. The smallest absolute Gasteiger partial charge is 0.308 e. The van der Waals surface area contributed by atoms with Crippen molar-refractivity contribution in [1.29, 1.82) is 0 Å². The number of ether oxygens (including phenoxy) is 2. The van der Waals surface area contributed by atoms with Crippen molar-refractivity contribution in [2.24, 2.45) is 45.8 Å². The van der Waals surface area contributed by atoms with E-state index in [2.05, 4.69) is 53.7 Å². The van der Waals surface area contributed by atoms with Crippen LogP contribution < -0.4 is 0 Å². The zero-order valence-electron chi connectivity index (χ0n) is 24.7. The van der Waals surface area contributed by atoms with Crippen molar-refractivity contribution in [3.63, 3.8) is 0 Å². The second-order valence-electron chi connectivity index (χ2n) is 13.3. The maximum atomic E-state index is 12.9. The van der Waals surface area contributed by atoms with Crippen molar-refractivity contribution in [1.82, 2.24) is 0 Å². The largest absolute Gasteiger partial charge is 0.469 e. The van der Waals surface area contributed by atoms with E-state index < -0.39 is 5.92 Å². The Kier molecular flexibility index (Phi) is 8.86. The highest BCUT2D eigenvalue weighted by Crippen LogP contribution is 2.68. The predicted octanol–water partition coefficient (Wildman–Crippen LogP) is 7.10. The molecule has 5 nitrogen and oxygen atoms in total. The molecule has 0 aromatic rings. The molecule has 0 heterocycles. The Balaban J connectivity index is 1.90. The van der Waals surface area contributed by atoms with Crippen LogP contribution in [0.2, 0.25) is 0 Å². The van der Waals surface area contributed by atoms with Crippen LogP contribution >= 0.6 is 0 Å². The Bertz CT molecular complexity index is 960. The number of rotatable bonds is 10. The summed E-state index contributed by atoms with van der Waals surface area (Å²) < 4.78 is 9.83. The Labute approximate surface area is 224 Å². The van der Waals surface area contributed by atoms with Gasteiger partial charge in [-0.3, -0.25) is 14.4 Å². The number of ketones is 1. The predicted molar refractivity (Wildman–Crippen MR) is 147 cm³/mol. The van der Waals surface area contributed by atoms with Gasteiger partial charge in [0.15, 0.2) is 0 Å². The van der Waals surface area contributed by atoms with Gasteiger partial charge < -0.3 is 9.47 Å². The molecule has 37 heavy (non-hydrogen) atoms. The number of esters is 2. The first kappa shape index (κ1) is 29.6. The highest BCUT2D eigenvalue weighted by molar-refractivity contribution is 5.84. The molecule has 0 bridgehead atoms. The van der Waals surface area contributed by atoms with Gasteiger partial charge in [-0.15, -0.1) is 0 Å². The molecule has 0 aromatic carbocycles. The fraction of sp³-hybridized carbons (Fsp3) is 0.781. The lowest BCUT2D eigenvalue weighted by molar-refractivity contribution is -0.146. The minimum atomic E-state index is -0.395. The summed E-state index contributed by atoms with van der Waals surface area (Å²) in [5.74, 6) is 0.921.